The van der Waals surface area contributed by atoms with Crippen molar-refractivity contribution in [2.75, 3.05) is 7.11 Å². The lowest BCUT2D eigenvalue weighted by Crippen LogP contribution is -2.23. The molecule has 0 aliphatic carbocycles. The Kier molecular flexibility index (Phi) is 4.52. The van der Waals surface area contributed by atoms with Gasteiger partial charge in [-0.05, 0) is 18.2 Å². The SMILES string of the molecule is COc1ccccc1CNC(=O)CCc1nc2ncccc2[nH]1. The minimum absolute atomic E-state index is 0.0238. The van der Waals surface area contributed by atoms with Crippen LogP contribution in [-0.4, -0.2) is 28.0 Å². The fraction of sp³-hybridized carbons (Fsp3) is 0.235. The number of hydrogen-bond acceptors (Lipinski definition) is 4. The Balaban J connectivity index is 1.53. The first-order chi connectivity index (χ1) is 11.3. The molecule has 6 nitrogen and oxygen atoms in total. The van der Waals surface area contributed by atoms with Crippen molar-refractivity contribution < 1.29 is 9.53 Å². The molecule has 2 aromatic heterocycles. The predicted octanol–water partition coefficient (Wildman–Crippen LogP) is 2.22. The molecule has 0 saturated heterocycles. The van der Waals surface area contributed by atoms with Crippen LogP contribution in [0.15, 0.2) is 42.6 Å². The molecule has 0 saturated carbocycles. The fourth-order valence-electron chi connectivity index (χ4n) is 2.38. The van der Waals surface area contributed by atoms with Gasteiger partial charge in [-0.3, -0.25) is 4.79 Å². The highest BCUT2D eigenvalue weighted by Gasteiger charge is 2.08. The lowest BCUT2D eigenvalue weighted by Gasteiger charge is -2.09. The number of hydrogen-bond donors (Lipinski definition) is 2. The van der Waals surface area contributed by atoms with Gasteiger partial charge in [-0.1, -0.05) is 18.2 Å². The zero-order valence-corrected chi connectivity index (χ0v) is 12.9. The molecule has 2 heterocycles. The Bertz CT molecular complexity index is 780. The zero-order chi connectivity index (χ0) is 16.1. The largest absolute Gasteiger partial charge is 0.496 e. The summed E-state index contributed by atoms with van der Waals surface area (Å²) in [6, 6.07) is 11.4. The summed E-state index contributed by atoms with van der Waals surface area (Å²) in [5.41, 5.74) is 2.52. The molecule has 0 atom stereocenters. The molecule has 23 heavy (non-hydrogen) atoms. The Morgan fingerprint density at radius 1 is 1.26 bits per heavy atom. The van der Waals surface area contributed by atoms with Gasteiger partial charge in [0.25, 0.3) is 0 Å². The van der Waals surface area contributed by atoms with Crippen LogP contribution in [0.25, 0.3) is 11.2 Å². The molecule has 3 rings (SSSR count). The van der Waals surface area contributed by atoms with Gasteiger partial charge >= 0.3 is 0 Å². The van der Waals surface area contributed by atoms with E-state index in [1.807, 2.05) is 36.4 Å². The van der Waals surface area contributed by atoms with E-state index in [1.54, 1.807) is 13.3 Å². The number of aromatic nitrogens is 3. The number of pyridine rings is 1. The first-order valence-electron chi connectivity index (χ1n) is 7.44. The van der Waals surface area contributed by atoms with Gasteiger partial charge < -0.3 is 15.0 Å². The van der Waals surface area contributed by atoms with Crippen molar-refractivity contribution in [1.29, 1.82) is 0 Å². The highest BCUT2D eigenvalue weighted by Crippen LogP contribution is 2.16. The molecule has 1 aromatic carbocycles. The molecule has 6 heteroatoms. The van der Waals surface area contributed by atoms with Gasteiger partial charge in [-0.25, -0.2) is 9.97 Å². The molecule has 2 N–H and O–H groups in total. The number of imidazole rings is 1. The number of carbonyl (C=O) groups is 1. The fourth-order valence-corrected chi connectivity index (χ4v) is 2.38. The molecule has 0 spiro atoms. The summed E-state index contributed by atoms with van der Waals surface area (Å²) in [6.45, 7) is 0.449. The number of methoxy groups -OCH3 is 1. The van der Waals surface area contributed by atoms with E-state index in [0.29, 0.717) is 25.0 Å². The number of para-hydroxylation sites is 1. The van der Waals surface area contributed by atoms with Crippen molar-refractivity contribution in [3.8, 4) is 5.75 Å². The molecule has 0 unspecified atom stereocenters. The standard InChI is InChI=1S/C17H18N4O2/c1-23-14-7-3-2-5-12(14)11-19-16(22)9-8-15-20-13-6-4-10-18-17(13)21-15/h2-7,10H,8-9,11H2,1H3,(H,19,22)(H,18,20,21). The van der Waals surface area contributed by atoms with Crippen molar-refractivity contribution in [3.63, 3.8) is 0 Å². The number of fused-ring (bicyclic) bond motifs is 1. The summed E-state index contributed by atoms with van der Waals surface area (Å²) in [5.74, 6) is 1.52. The Hall–Kier alpha value is -2.89. The second kappa shape index (κ2) is 6.91. The van der Waals surface area contributed by atoms with Crippen molar-refractivity contribution in [2.45, 2.75) is 19.4 Å². The third kappa shape index (κ3) is 3.66. The minimum atomic E-state index is -0.0238. The number of ether oxygens (including phenoxy) is 1. The van der Waals surface area contributed by atoms with Crippen LogP contribution in [0.2, 0.25) is 0 Å². The number of nitrogens with one attached hydrogen (secondary N) is 2. The van der Waals surface area contributed by atoms with Gasteiger partial charge in [0, 0.05) is 31.1 Å². The monoisotopic (exact) mass is 310 g/mol. The minimum Gasteiger partial charge on any atom is -0.496 e. The third-order valence-corrected chi connectivity index (χ3v) is 3.56. The van der Waals surface area contributed by atoms with E-state index in [4.69, 9.17) is 4.74 Å². The maximum atomic E-state index is 12.0. The number of aryl methyl sites for hydroxylation is 1. The average Bonchev–Trinajstić information content (AvgIpc) is 3.01. The molecular formula is C17H18N4O2. The van der Waals surface area contributed by atoms with Crippen LogP contribution in [-0.2, 0) is 17.8 Å². The number of carbonyl (C=O) groups excluding carboxylic acids is 1. The lowest BCUT2D eigenvalue weighted by atomic mass is 10.2. The maximum absolute atomic E-state index is 12.0. The molecule has 0 aliphatic heterocycles. The van der Waals surface area contributed by atoms with E-state index in [9.17, 15) is 4.79 Å². The molecule has 118 valence electrons. The van der Waals surface area contributed by atoms with Crippen LogP contribution in [0.3, 0.4) is 0 Å². The number of nitrogens with zero attached hydrogens (tertiary/aromatic N) is 2. The average molecular weight is 310 g/mol. The zero-order valence-electron chi connectivity index (χ0n) is 12.9. The van der Waals surface area contributed by atoms with Crippen molar-refractivity contribution in [1.82, 2.24) is 20.3 Å². The first-order valence-corrected chi connectivity index (χ1v) is 7.44. The van der Waals surface area contributed by atoms with Crippen LogP contribution in [0.5, 0.6) is 5.75 Å². The van der Waals surface area contributed by atoms with Crippen molar-refractivity contribution in [3.05, 3.63) is 54.0 Å². The van der Waals surface area contributed by atoms with E-state index in [1.165, 1.54) is 0 Å². The molecule has 0 bridgehead atoms. The van der Waals surface area contributed by atoms with Gasteiger partial charge in [0.05, 0.1) is 12.6 Å². The third-order valence-electron chi connectivity index (χ3n) is 3.56. The van der Waals surface area contributed by atoms with E-state index in [-0.39, 0.29) is 5.91 Å². The summed E-state index contributed by atoms with van der Waals surface area (Å²) in [4.78, 5) is 23.7. The Morgan fingerprint density at radius 3 is 2.96 bits per heavy atom. The van der Waals surface area contributed by atoms with Gasteiger partial charge in [-0.15, -0.1) is 0 Å². The van der Waals surface area contributed by atoms with Crippen LogP contribution in [0, 0.1) is 0 Å². The number of benzene rings is 1. The smallest absolute Gasteiger partial charge is 0.220 e. The highest BCUT2D eigenvalue weighted by molar-refractivity contribution is 5.76. The van der Waals surface area contributed by atoms with Crippen LogP contribution in [0.4, 0.5) is 0 Å². The summed E-state index contributed by atoms with van der Waals surface area (Å²) >= 11 is 0. The second-order valence-electron chi connectivity index (χ2n) is 5.15. The van der Waals surface area contributed by atoms with E-state index in [2.05, 4.69) is 20.3 Å². The molecule has 0 radical (unpaired) electrons. The number of aromatic amines is 1. The van der Waals surface area contributed by atoms with E-state index >= 15 is 0 Å². The predicted molar refractivity (Wildman–Crippen MR) is 87.1 cm³/mol. The van der Waals surface area contributed by atoms with Crippen LogP contribution >= 0.6 is 0 Å². The molecule has 1 amide bonds. The molecular weight excluding hydrogens is 292 g/mol. The topological polar surface area (TPSA) is 79.9 Å². The molecule has 0 aliphatic rings. The Labute approximate surface area is 133 Å². The van der Waals surface area contributed by atoms with E-state index < -0.39 is 0 Å². The van der Waals surface area contributed by atoms with Crippen LogP contribution in [0.1, 0.15) is 17.8 Å². The van der Waals surface area contributed by atoms with E-state index in [0.717, 1.165) is 22.7 Å². The summed E-state index contributed by atoms with van der Waals surface area (Å²) in [7, 11) is 1.62. The maximum Gasteiger partial charge on any atom is 0.220 e. The Morgan fingerprint density at radius 2 is 2.13 bits per heavy atom. The van der Waals surface area contributed by atoms with Gasteiger partial charge in [0.2, 0.25) is 5.91 Å². The van der Waals surface area contributed by atoms with Crippen molar-refractivity contribution in [2.24, 2.45) is 0 Å². The van der Waals surface area contributed by atoms with Gasteiger partial charge in [-0.2, -0.15) is 0 Å². The quantitative estimate of drug-likeness (QED) is 0.731. The first kappa shape index (κ1) is 15.0. The summed E-state index contributed by atoms with van der Waals surface area (Å²) in [5, 5.41) is 2.90. The number of H-pyrrole nitrogens is 1. The summed E-state index contributed by atoms with van der Waals surface area (Å²) < 4.78 is 5.27. The number of rotatable bonds is 6. The number of amides is 1. The normalized spacial score (nSPS) is 10.7. The molecule has 3 aromatic rings. The van der Waals surface area contributed by atoms with Crippen LogP contribution < -0.4 is 10.1 Å². The second-order valence-corrected chi connectivity index (χ2v) is 5.15. The summed E-state index contributed by atoms with van der Waals surface area (Å²) in [6.07, 6.45) is 2.62. The van der Waals surface area contributed by atoms with Gasteiger partial charge in [0.15, 0.2) is 5.65 Å². The lowest BCUT2D eigenvalue weighted by molar-refractivity contribution is -0.121. The van der Waals surface area contributed by atoms with Crippen molar-refractivity contribution >= 4 is 17.1 Å². The van der Waals surface area contributed by atoms with Gasteiger partial charge in [0.1, 0.15) is 11.6 Å². The highest BCUT2D eigenvalue weighted by atomic mass is 16.5. The molecule has 0 fully saturated rings.